The van der Waals surface area contributed by atoms with E-state index in [1.807, 2.05) is 0 Å². The highest BCUT2D eigenvalue weighted by atomic mass is 16.6. The van der Waals surface area contributed by atoms with Crippen LogP contribution in [-0.4, -0.2) is 37.2 Å². The number of carbonyl (C=O) groups excluding carboxylic acids is 3. The third-order valence-corrected chi connectivity index (χ3v) is 14.7. The van der Waals surface area contributed by atoms with Gasteiger partial charge in [0.1, 0.15) is 13.2 Å². The lowest BCUT2D eigenvalue weighted by atomic mass is 10.0. The number of allylic oxidation sites excluding steroid dienone is 12. The van der Waals surface area contributed by atoms with Crippen molar-refractivity contribution in [1.29, 1.82) is 0 Å². The molecule has 6 heteroatoms. The van der Waals surface area contributed by atoms with Crippen LogP contribution in [0.4, 0.5) is 0 Å². The molecule has 0 aliphatic rings. The number of carbonyl (C=O) groups is 3. The zero-order valence-corrected chi connectivity index (χ0v) is 51.2. The van der Waals surface area contributed by atoms with Gasteiger partial charge in [0.25, 0.3) is 0 Å². The van der Waals surface area contributed by atoms with Gasteiger partial charge in [-0.05, 0) is 89.9 Å². The molecule has 1 atom stereocenters. The standard InChI is InChI=1S/C71H126O6/c1-4-7-10-13-16-19-22-25-28-30-31-32-33-34-35-36-37-38-39-41-43-46-49-52-55-58-61-64-70(73)76-67-68(66-75-69(72)63-60-57-54-51-48-45-42-27-24-21-18-15-12-9-6-3)77-71(74)65-62-59-56-53-50-47-44-40-29-26-23-20-17-14-11-8-5-2/h7,10,16,18-19,21,25,27-28,31-32,42,68H,4-6,8-9,11-15,17,20,22-24,26,29-30,33-41,43-67H2,1-3H3/b10-7-,19-16-,21-18-,28-25-,32-31-,42-27-. The zero-order chi connectivity index (χ0) is 55.7. The minimum atomic E-state index is -0.780. The predicted octanol–water partition coefficient (Wildman–Crippen LogP) is 22.9. The molecule has 1 unspecified atom stereocenters. The summed E-state index contributed by atoms with van der Waals surface area (Å²) in [5, 5.41) is 0. The summed E-state index contributed by atoms with van der Waals surface area (Å²) in [7, 11) is 0. The Kier molecular flexibility index (Phi) is 62.7. The van der Waals surface area contributed by atoms with Crippen molar-refractivity contribution in [3.05, 3.63) is 72.9 Å². The first kappa shape index (κ1) is 73.8. The Balaban J connectivity index is 4.27. The highest BCUT2D eigenvalue weighted by molar-refractivity contribution is 5.71. The van der Waals surface area contributed by atoms with E-state index >= 15 is 0 Å². The number of rotatable bonds is 61. The lowest BCUT2D eigenvalue weighted by Gasteiger charge is -2.18. The molecule has 0 N–H and O–H groups in total. The maximum atomic E-state index is 12.9. The first-order chi connectivity index (χ1) is 38.0. The Morgan fingerprint density at radius 1 is 0.273 bits per heavy atom. The van der Waals surface area contributed by atoms with Gasteiger partial charge in [0.05, 0.1) is 0 Å². The third kappa shape index (κ3) is 63.6. The quantitative estimate of drug-likeness (QED) is 0.0261. The van der Waals surface area contributed by atoms with Crippen LogP contribution in [0.2, 0.25) is 0 Å². The van der Waals surface area contributed by atoms with Gasteiger partial charge < -0.3 is 14.2 Å². The van der Waals surface area contributed by atoms with E-state index in [0.29, 0.717) is 19.3 Å². The normalized spacial score (nSPS) is 12.5. The van der Waals surface area contributed by atoms with Crippen molar-refractivity contribution in [3.8, 4) is 0 Å². The second kappa shape index (κ2) is 65.4. The number of hydrogen-bond donors (Lipinski definition) is 0. The minimum absolute atomic E-state index is 0.0761. The van der Waals surface area contributed by atoms with Crippen molar-refractivity contribution >= 4 is 17.9 Å². The van der Waals surface area contributed by atoms with E-state index in [1.54, 1.807) is 0 Å². The van der Waals surface area contributed by atoms with Crippen LogP contribution in [0, 0.1) is 0 Å². The molecule has 77 heavy (non-hydrogen) atoms. The van der Waals surface area contributed by atoms with Gasteiger partial charge in [-0.15, -0.1) is 0 Å². The smallest absolute Gasteiger partial charge is 0.306 e. The average molecular weight is 1080 g/mol. The fourth-order valence-electron chi connectivity index (χ4n) is 9.70. The summed E-state index contributed by atoms with van der Waals surface area (Å²) in [6, 6.07) is 0. The van der Waals surface area contributed by atoms with E-state index in [4.69, 9.17) is 14.2 Å². The van der Waals surface area contributed by atoms with Gasteiger partial charge >= 0.3 is 17.9 Å². The summed E-state index contributed by atoms with van der Waals surface area (Å²) < 4.78 is 17.0. The van der Waals surface area contributed by atoms with Gasteiger partial charge in [-0.1, -0.05) is 306 Å². The van der Waals surface area contributed by atoms with E-state index in [9.17, 15) is 14.4 Å². The van der Waals surface area contributed by atoms with Gasteiger partial charge in [0.2, 0.25) is 0 Å². The summed E-state index contributed by atoms with van der Waals surface area (Å²) in [6.45, 7) is 6.54. The van der Waals surface area contributed by atoms with Gasteiger partial charge in [-0.2, -0.15) is 0 Å². The molecule has 0 aromatic rings. The summed E-state index contributed by atoms with van der Waals surface area (Å²) in [5.74, 6) is -0.871. The molecule has 0 amide bonds. The summed E-state index contributed by atoms with van der Waals surface area (Å²) in [4.78, 5) is 38.4. The highest BCUT2D eigenvalue weighted by Gasteiger charge is 2.19. The van der Waals surface area contributed by atoms with Crippen molar-refractivity contribution in [2.45, 2.75) is 348 Å². The van der Waals surface area contributed by atoms with E-state index in [2.05, 4.69) is 93.7 Å². The molecule has 0 heterocycles. The Morgan fingerprint density at radius 3 is 0.818 bits per heavy atom. The Morgan fingerprint density at radius 2 is 0.506 bits per heavy atom. The largest absolute Gasteiger partial charge is 0.462 e. The summed E-state index contributed by atoms with van der Waals surface area (Å²) in [5.41, 5.74) is 0. The number of esters is 3. The van der Waals surface area contributed by atoms with Crippen LogP contribution in [0.15, 0.2) is 72.9 Å². The van der Waals surface area contributed by atoms with Crippen LogP contribution in [0.1, 0.15) is 342 Å². The second-order valence-corrected chi connectivity index (χ2v) is 22.4. The highest BCUT2D eigenvalue weighted by Crippen LogP contribution is 2.17. The molecule has 0 bridgehead atoms. The minimum Gasteiger partial charge on any atom is -0.462 e. The molecular weight excluding hydrogens is 949 g/mol. The van der Waals surface area contributed by atoms with E-state index in [0.717, 1.165) is 103 Å². The monoisotopic (exact) mass is 1070 g/mol. The SMILES string of the molecule is CC/C=C\C/C=C\C/C=C\C/C=C\CCCCCCCCCCCCCCCCC(=O)OCC(COC(=O)CCCCCCC/C=C\C/C=C\CCCCC)OC(=O)CCCCCCCCCCCCCCCCCCC. The molecule has 0 spiro atoms. The van der Waals surface area contributed by atoms with E-state index in [1.165, 1.54) is 199 Å². The first-order valence-electron chi connectivity index (χ1n) is 33.4. The third-order valence-electron chi connectivity index (χ3n) is 14.7. The molecule has 0 rings (SSSR count). The van der Waals surface area contributed by atoms with E-state index < -0.39 is 6.10 Å². The lowest BCUT2D eigenvalue weighted by molar-refractivity contribution is -0.167. The molecular formula is C71H126O6. The van der Waals surface area contributed by atoms with Crippen molar-refractivity contribution in [3.63, 3.8) is 0 Å². The second-order valence-electron chi connectivity index (χ2n) is 22.4. The fourth-order valence-corrected chi connectivity index (χ4v) is 9.70. The van der Waals surface area contributed by atoms with Gasteiger partial charge in [0.15, 0.2) is 6.10 Å². The Hall–Kier alpha value is -3.15. The maximum absolute atomic E-state index is 12.9. The predicted molar refractivity (Wildman–Crippen MR) is 335 cm³/mol. The molecule has 0 aromatic heterocycles. The first-order valence-corrected chi connectivity index (χ1v) is 33.4. The van der Waals surface area contributed by atoms with Crippen molar-refractivity contribution in [2.75, 3.05) is 13.2 Å². The summed E-state index contributed by atoms with van der Waals surface area (Å²) >= 11 is 0. The zero-order valence-electron chi connectivity index (χ0n) is 51.2. The number of ether oxygens (including phenoxy) is 3. The van der Waals surface area contributed by atoms with Crippen LogP contribution in [-0.2, 0) is 28.6 Å². The molecule has 0 fully saturated rings. The topological polar surface area (TPSA) is 78.9 Å². The molecule has 0 saturated carbocycles. The van der Waals surface area contributed by atoms with Crippen molar-refractivity contribution in [2.24, 2.45) is 0 Å². The number of unbranched alkanes of at least 4 members (excludes halogenated alkanes) is 38. The van der Waals surface area contributed by atoms with Crippen LogP contribution in [0.25, 0.3) is 0 Å². The number of hydrogen-bond acceptors (Lipinski definition) is 6. The van der Waals surface area contributed by atoms with Crippen molar-refractivity contribution in [1.82, 2.24) is 0 Å². The van der Waals surface area contributed by atoms with E-state index in [-0.39, 0.29) is 31.1 Å². The lowest BCUT2D eigenvalue weighted by Crippen LogP contribution is -2.30. The molecule has 446 valence electrons. The fraction of sp³-hybridized carbons (Fsp3) is 0.789. The van der Waals surface area contributed by atoms with Gasteiger partial charge in [-0.3, -0.25) is 14.4 Å². The molecule has 0 aliphatic carbocycles. The van der Waals surface area contributed by atoms with Crippen LogP contribution < -0.4 is 0 Å². The molecule has 0 saturated heterocycles. The van der Waals surface area contributed by atoms with Crippen LogP contribution >= 0.6 is 0 Å². The van der Waals surface area contributed by atoms with Gasteiger partial charge in [0, 0.05) is 19.3 Å². The van der Waals surface area contributed by atoms with Crippen LogP contribution in [0.5, 0.6) is 0 Å². The molecule has 0 radical (unpaired) electrons. The molecule has 6 nitrogen and oxygen atoms in total. The Bertz CT molecular complexity index is 1420. The Labute approximate surface area is 478 Å². The average Bonchev–Trinajstić information content (AvgIpc) is 3.43. The van der Waals surface area contributed by atoms with Crippen LogP contribution in [0.3, 0.4) is 0 Å². The maximum Gasteiger partial charge on any atom is 0.306 e. The summed E-state index contributed by atoms with van der Waals surface area (Å²) in [6.07, 6.45) is 84.8. The van der Waals surface area contributed by atoms with Gasteiger partial charge in [-0.25, -0.2) is 0 Å². The molecule has 0 aromatic carbocycles. The molecule has 0 aliphatic heterocycles. The van der Waals surface area contributed by atoms with Crippen molar-refractivity contribution < 1.29 is 28.6 Å².